The van der Waals surface area contributed by atoms with Crippen LogP contribution in [0.2, 0.25) is 0 Å². The minimum Gasteiger partial charge on any atom is -0.366 e. The van der Waals surface area contributed by atoms with Gasteiger partial charge in [0.25, 0.3) is 0 Å². The van der Waals surface area contributed by atoms with E-state index in [2.05, 4.69) is 20.1 Å². The predicted octanol–water partition coefficient (Wildman–Crippen LogP) is 3.87. The summed E-state index contributed by atoms with van der Waals surface area (Å²) in [5.74, 6) is -1.29. The van der Waals surface area contributed by atoms with Crippen molar-refractivity contribution < 1.29 is 35.5 Å². The zero-order chi connectivity index (χ0) is 24.4. The molecule has 1 aromatic carbocycles. The molecule has 174 valence electrons. The smallest absolute Gasteiger partial charge is 0.366 e. The molecule has 3 aromatic rings. The van der Waals surface area contributed by atoms with Crippen molar-refractivity contribution in [2.45, 2.75) is 25.2 Å². The van der Waals surface area contributed by atoms with Crippen molar-refractivity contribution in [3.63, 3.8) is 0 Å². The van der Waals surface area contributed by atoms with E-state index in [1.807, 2.05) is 0 Å². The number of benzene rings is 1. The first-order valence-corrected chi connectivity index (χ1v) is 9.01. The summed E-state index contributed by atoms with van der Waals surface area (Å²) >= 11 is 0. The van der Waals surface area contributed by atoms with Gasteiger partial charge < -0.3 is 5.73 Å². The Labute approximate surface area is 180 Å². The standard InChI is InChI=1S/C19H13F7N6O/c20-17-28-6-10(7-29-17)1-2-11(15(27)33)8-32-9-30-16(31-32)12-3-13(18(21,22)23)5-14(4-12)19(24,25)26/h3-9H,1-2H2,(H2,27,33)/b11-8+. The number of nitrogens with zero attached hydrogens (tertiary/aromatic N) is 5. The van der Waals surface area contributed by atoms with E-state index in [9.17, 15) is 35.5 Å². The first kappa shape index (κ1) is 23.8. The SMILES string of the molecule is NC(=O)/C(=C/n1cnc(-c2cc(C(F)(F)F)cc(C(F)(F)F)c2)n1)CCc1cnc(F)nc1. The summed E-state index contributed by atoms with van der Waals surface area (Å²) in [4.78, 5) is 22.2. The van der Waals surface area contributed by atoms with Gasteiger partial charge in [-0.2, -0.15) is 30.7 Å². The average Bonchev–Trinajstić information content (AvgIpc) is 3.19. The molecule has 2 N–H and O–H groups in total. The predicted molar refractivity (Wildman–Crippen MR) is 99.2 cm³/mol. The lowest BCUT2D eigenvalue weighted by atomic mass is 10.0. The van der Waals surface area contributed by atoms with Gasteiger partial charge in [-0.05, 0) is 36.6 Å². The molecule has 0 aliphatic carbocycles. The Kier molecular flexibility index (Phi) is 6.46. The zero-order valence-corrected chi connectivity index (χ0v) is 16.3. The first-order valence-electron chi connectivity index (χ1n) is 9.01. The molecule has 0 radical (unpaired) electrons. The number of primary amides is 1. The number of halogens is 7. The molecule has 33 heavy (non-hydrogen) atoms. The molecule has 0 saturated heterocycles. The molecular formula is C19H13F7N6O. The molecule has 0 unspecified atom stereocenters. The van der Waals surface area contributed by atoms with Crippen LogP contribution in [0.25, 0.3) is 17.6 Å². The third kappa shape index (κ3) is 6.11. The van der Waals surface area contributed by atoms with Crippen LogP contribution in [0.15, 0.2) is 42.5 Å². The van der Waals surface area contributed by atoms with Crippen molar-refractivity contribution in [1.29, 1.82) is 0 Å². The van der Waals surface area contributed by atoms with Crippen molar-refractivity contribution in [2.75, 3.05) is 0 Å². The summed E-state index contributed by atoms with van der Waals surface area (Å²) in [7, 11) is 0. The Morgan fingerprint density at radius 3 is 2.06 bits per heavy atom. The van der Waals surface area contributed by atoms with Gasteiger partial charge in [0.2, 0.25) is 5.91 Å². The lowest BCUT2D eigenvalue weighted by Gasteiger charge is -2.13. The van der Waals surface area contributed by atoms with Gasteiger partial charge in [-0.25, -0.2) is 19.6 Å². The third-order valence-electron chi connectivity index (χ3n) is 4.32. The number of carbonyl (C=O) groups is 1. The third-order valence-corrected chi connectivity index (χ3v) is 4.32. The van der Waals surface area contributed by atoms with E-state index in [4.69, 9.17) is 5.73 Å². The van der Waals surface area contributed by atoms with Gasteiger partial charge in [0.15, 0.2) is 5.82 Å². The molecule has 7 nitrogen and oxygen atoms in total. The Morgan fingerprint density at radius 1 is 0.970 bits per heavy atom. The summed E-state index contributed by atoms with van der Waals surface area (Å²) in [6.45, 7) is 0. The Balaban J connectivity index is 1.90. The number of amides is 1. The van der Waals surface area contributed by atoms with Crippen molar-refractivity contribution in [2.24, 2.45) is 5.73 Å². The fraction of sp³-hybridized carbons (Fsp3) is 0.211. The molecule has 0 bridgehead atoms. The summed E-state index contributed by atoms with van der Waals surface area (Å²) in [5, 5.41) is 3.83. The van der Waals surface area contributed by atoms with Crippen LogP contribution in [-0.4, -0.2) is 30.6 Å². The van der Waals surface area contributed by atoms with Crippen LogP contribution in [-0.2, 0) is 23.6 Å². The molecule has 2 heterocycles. The summed E-state index contributed by atoms with van der Waals surface area (Å²) < 4.78 is 92.1. The highest BCUT2D eigenvalue weighted by molar-refractivity contribution is 5.94. The van der Waals surface area contributed by atoms with E-state index in [0.717, 1.165) is 17.2 Å². The largest absolute Gasteiger partial charge is 0.416 e. The maximum atomic E-state index is 13.1. The monoisotopic (exact) mass is 474 g/mol. The summed E-state index contributed by atoms with van der Waals surface area (Å²) in [6, 6.07) is 0.967. The molecule has 0 fully saturated rings. The van der Waals surface area contributed by atoms with Crippen LogP contribution in [0, 0.1) is 6.08 Å². The van der Waals surface area contributed by atoms with Gasteiger partial charge in [0.1, 0.15) is 6.33 Å². The van der Waals surface area contributed by atoms with Crippen molar-refractivity contribution in [1.82, 2.24) is 24.7 Å². The van der Waals surface area contributed by atoms with Crippen LogP contribution in [0.4, 0.5) is 30.7 Å². The van der Waals surface area contributed by atoms with E-state index in [1.165, 1.54) is 12.4 Å². The van der Waals surface area contributed by atoms with Crippen LogP contribution in [0.1, 0.15) is 23.1 Å². The van der Waals surface area contributed by atoms with Crippen LogP contribution < -0.4 is 5.73 Å². The zero-order valence-electron chi connectivity index (χ0n) is 16.3. The summed E-state index contributed by atoms with van der Waals surface area (Å²) in [6.07, 6.45) is -6.21. The Hall–Kier alpha value is -3.84. The molecule has 0 saturated carbocycles. The number of carbonyl (C=O) groups excluding carboxylic acids is 1. The molecule has 0 spiro atoms. The number of aryl methyl sites for hydroxylation is 1. The topological polar surface area (TPSA) is 99.6 Å². The highest BCUT2D eigenvalue weighted by Crippen LogP contribution is 2.38. The maximum Gasteiger partial charge on any atom is 0.416 e. The van der Waals surface area contributed by atoms with Gasteiger partial charge in [0, 0.05) is 29.7 Å². The Morgan fingerprint density at radius 2 is 1.55 bits per heavy atom. The van der Waals surface area contributed by atoms with Gasteiger partial charge in [0.05, 0.1) is 11.1 Å². The molecule has 2 aromatic heterocycles. The molecule has 0 aliphatic heterocycles. The minimum atomic E-state index is -5.03. The minimum absolute atomic E-state index is 0.00917. The molecule has 1 amide bonds. The van der Waals surface area contributed by atoms with Gasteiger partial charge in [-0.15, -0.1) is 5.10 Å². The van der Waals surface area contributed by atoms with E-state index >= 15 is 0 Å². The molecular weight excluding hydrogens is 461 g/mol. The fourth-order valence-electron chi connectivity index (χ4n) is 2.71. The summed E-state index contributed by atoms with van der Waals surface area (Å²) in [5.41, 5.74) is 2.27. The number of hydrogen-bond donors (Lipinski definition) is 1. The van der Waals surface area contributed by atoms with E-state index in [1.54, 1.807) is 0 Å². The van der Waals surface area contributed by atoms with Gasteiger partial charge in [-0.1, -0.05) is 0 Å². The quantitative estimate of drug-likeness (QED) is 0.332. The van der Waals surface area contributed by atoms with Crippen LogP contribution >= 0.6 is 0 Å². The second kappa shape index (κ2) is 8.96. The lowest BCUT2D eigenvalue weighted by Crippen LogP contribution is -2.15. The van der Waals surface area contributed by atoms with E-state index < -0.39 is 46.9 Å². The first-order chi connectivity index (χ1) is 15.3. The average molecular weight is 474 g/mol. The highest BCUT2D eigenvalue weighted by Gasteiger charge is 2.37. The van der Waals surface area contributed by atoms with Gasteiger partial charge >= 0.3 is 18.4 Å². The maximum absolute atomic E-state index is 13.1. The van der Waals surface area contributed by atoms with Crippen LogP contribution in [0.3, 0.4) is 0 Å². The van der Waals surface area contributed by atoms with Gasteiger partial charge in [-0.3, -0.25) is 4.79 Å². The molecule has 0 aliphatic rings. The molecule has 3 rings (SSSR count). The normalized spacial score (nSPS) is 12.8. The second-order valence-corrected chi connectivity index (χ2v) is 6.72. The number of rotatable bonds is 6. The number of aromatic nitrogens is 5. The van der Waals surface area contributed by atoms with E-state index in [-0.39, 0.29) is 24.5 Å². The number of nitrogens with two attached hydrogens (primary N) is 1. The highest BCUT2D eigenvalue weighted by atomic mass is 19.4. The van der Waals surface area contributed by atoms with Crippen molar-refractivity contribution in [3.8, 4) is 11.4 Å². The number of hydrogen-bond acceptors (Lipinski definition) is 5. The number of alkyl halides is 6. The lowest BCUT2D eigenvalue weighted by molar-refractivity contribution is -0.143. The molecule has 0 atom stereocenters. The van der Waals surface area contributed by atoms with Crippen LogP contribution in [0.5, 0.6) is 0 Å². The Bertz CT molecular complexity index is 1150. The second-order valence-electron chi connectivity index (χ2n) is 6.72. The van der Waals surface area contributed by atoms with Crippen molar-refractivity contribution >= 4 is 12.1 Å². The fourth-order valence-corrected chi connectivity index (χ4v) is 2.71. The van der Waals surface area contributed by atoms with E-state index in [0.29, 0.717) is 17.7 Å². The van der Waals surface area contributed by atoms with Crippen molar-refractivity contribution in [3.05, 3.63) is 65.3 Å². The molecule has 14 heteroatoms.